The molecule has 4 heterocycles. The number of likely N-dealkylation sites (tertiary alicyclic amines) is 1. The van der Waals surface area contributed by atoms with Crippen molar-refractivity contribution in [3.63, 3.8) is 0 Å². The number of aromatic nitrogens is 1. The van der Waals surface area contributed by atoms with Gasteiger partial charge in [-0.25, -0.2) is 26.5 Å². The van der Waals surface area contributed by atoms with E-state index in [0.29, 0.717) is 60.5 Å². The number of sulfone groups is 1. The van der Waals surface area contributed by atoms with Crippen molar-refractivity contribution < 1.29 is 54.3 Å². The minimum absolute atomic E-state index is 0.00424. The van der Waals surface area contributed by atoms with Gasteiger partial charge in [0.25, 0.3) is 25.8 Å². The average molecular weight is 1480 g/mol. The number of hydrogen-bond acceptors (Lipinski definition) is 17. The second-order valence-electron chi connectivity index (χ2n) is 31.5. The number of hydrogen-bond donors (Lipinski definition) is 5. The van der Waals surface area contributed by atoms with Crippen molar-refractivity contribution in [1.82, 2.24) is 39.9 Å². The third-order valence-electron chi connectivity index (χ3n) is 21.7. The first-order valence-electron chi connectivity index (χ1n) is 36.0. The molecular weight excluding hydrogens is 1380 g/mol. The normalized spacial score (nSPS) is 23.0. The summed E-state index contributed by atoms with van der Waals surface area (Å²) in [5.41, 5.74) is 3.25. The molecule has 5 aromatic rings. The van der Waals surface area contributed by atoms with E-state index in [4.69, 9.17) is 0 Å². The number of thioether (sulfide) groups is 1. The van der Waals surface area contributed by atoms with Gasteiger partial charge in [0.2, 0.25) is 17.7 Å². The number of aliphatic hydroxyl groups is 1. The number of piperazine rings is 2. The number of anilines is 2. The number of halogens is 3. The molecule has 5 N–H and O–H groups in total. The molecule has 26 heteroatoms. The van der Waals surface area contributed by atoms with Gasteiger partial charge < -0.3 is 40.7 Å². The monoisotopic (exact) mass is 1480 g/mol. The average Bonchev–Trinajstić information content (AvgIpc) is 0.686. The lowest BCUT2D eigenvalue weighted by Crippen LogP contribution is -2.61. The van der Waals surface area contributed by atoms with Crippen LogP contribution in [0.2, 0.25) is 0 Å². The lowest BCUT2D eigenvalue weighted by Gasteiger charge is -2.72. The van der Waals surface area contributed by atoms with Gasteiger partial charge in [-0.3, -0.25) is 24.1 Å². The van der Waals surface area contributed by atoms with Gasteiger partial charge in [0, 0.05) is 113 Å². The van der Waals surface area contributed by atoms with Gasteiger partial charge in [-0.15, -0.1) is 23.1 Å². The Labute approximate surface area is 608 Å². The van der Waals surface area contributed by atoms with Gasteiger partial charge in [0.05, 0.1) is 38.8 Å². The van der Waals surface area contributed by atoms with Gasteiger partial charge in [0.1, 0.15) is 17.0 Å². The Bertz CT molecular complexity index is 4060. The molecule has 6 fully saturated rings. The number of β-amino-alcohol motifs (C(OH)–C–C–N with tert-alkyl or cyclic N) is 1. The van der Waals surface area contributed by atoms with Gasteiger partial charge in [-0.05, 0) is 166 Å². The van der Waals surface area contributed by atoms with E-state index in [1.807, 2.05) is 93.9 Å². The minimum Gasteiger partial charge on any atom is -0.391 e. The highest BCUT2D eigenvalue weighted by Gasteiger charge is 2.67. The number of benzene rings is 4. The summed E-state index contributed by atoms with van der Waals surface area (Å²) in [4.78, 5) is 70.2. The highest BCUT2D eigenvalue weighted by molar-refractivity contribution is 7.99. The summed E-state index contributed by atoms with van der Waals surface area (Å²) >= 11 is 3.00. The number of nitrogens with one attached hydrogen (secondary N) is 4. The van der Waals surface area contributed by atoms with Crippen LogP contribution in [0.1, 0.15) is 153 Å². The maximum absolute atomic E-state index is 14.6. The molecule has 5 atom stereocenters. The number of rotatable bonds is 28. The summed E-state index contributed by atoms with van der Waals surface area (Å²) in [6.45, 7) is 25.0. The van der Waals surface area contributed by atoms with E-state index < -0.39 is 82.3 Å². The Morgan fingerprint density at radius 1 is 0.794 bits per heavy atom. The molecule has 0 radical (unpaired) electrons. The topological polar surface area (TPSA) is 234 Å². The second kappa shape index (κ2) is 31.4. The van der Waals surface area contributed by atoms with Gasteiger partial charge in [-0.2, -0.15) is 13.2 Å². The lowest BCUT2D eigenvalue weighted by molar-refractivity contribution is -0.167. The summed E-state index contributed by atoms with van der Waals surface area (Å²) in [6.07, 6.45) is 9.39. The van der Waals surface area contributed by atoms with Crippen molar-refractivity contribution in [2.24, 2.45) is 21.7 Å². The number of nitrogens with zero attached hydrogens (tertiary/aromatic N) is 6. The predicted molar refractivity (Wildman–Crippen MR) is 395 cm³/mol. The van der Waals surface area contributed by atoms with Gasteiger partial charge >= 0.3 is 5.51 Å². The number of aliphatic hydroxyl groups excluding tert-OH is 1. The zero-order valence-corrected chi connectivity index (χ0v) is 63.3. The molecule has 1 aromatic heterocycles. The molecule has 12 rings (SSSR count). The molecule has 0 spiro atoms. The van der Waals surface area contributed by atoms with Crippen LogP contribution in [-0.4, -0.2) is 184 Å². The molecule has 7 aliphatic rings. The summed E-state index contributed by atoms with van der Waals surface area (Å²) in [7, 11) is -11.0. The molecule has 4 aromatic carbocycles. The number of carbonyl (C=O) groups is 4. The summed E-state index contributed by atoms with van der Waals surface area (Å²) in [5.74, 6) is -1.81. The SMILES string of the molecule is Cc1ncsc1-c1ccc([C@H](C)NC(=O)[C@@H]2C[C@@H](O)CN2C(=O)[C@@H](NC(=O)CCCCCN2CCN(CC[C@H](CSc3ccccc3)Nc3ccc(S(=O)(=O)NC(=O)c4ccc(N5CCN(CC6=C(C78CC(C)(C7)C8)CC(C)(C)CC6)CC5)cc4)cc3S(=O)(=O)C(F)(F)F)CC2)C(C)(C)C)cc1. The molecule has 3 saturated carbocycles. The number of sulfonamides is 1. The largest absolute Gasteiger partial charge is 0.501 e. The molecule has 102 heavy (non-hydrogen) atoms. The fraction of sp³-hybridized carbons (Fsp3) is 0.566. The number of aryl methyl sites for hydroxylation is 1. The van der Waals surface area contributed by atoms with E-state index in [-0.39, 0.29) is 42.8 Å². The molecule has 4 amide bonds. The van der Waals surface area contributed by atoms with Crippen LogP contribution in [0, 0.1) is 28.6 Å². The van der Waals surface area contributed by atoms with E-state index in [1.165, 1.54) is 60.9 Å². The maximum atomic E-state index is 14.6. The van der Waals surface area contributed by atoms with E-state index >= 15 is 0 Å². The first-order chi connectivity index (χ1) is 48.2. The standard InChI is InChI=1S/C76H101F3N10O9S4/c1-51(53-18-20-54(21-19-53)67-52(2)80-50-100-67)81-70(93)64-41-59(90)45-89(64)71(94)68(72(3,4)5)83-66(91)17-13-10-14-31-85-33-35-86(36-34-85)32-29-57(46-99-60-15-11-9-12-16-60)82-63-27-26-61(42-65(63)101(95,96)76(77,78)79)102(97,98)84-69(92)55-22-24-58(25-23-55)88-39-37-87(38-40-88)44-56-28-30-73(6,7)43-62(56)75-47-74(8,48-75)49-75/h9,11-12,15-16,18-27,42,50-51,57,59,64,68,82,90H,10,13-14,17,28-41,43-49H2,1-8H3,(H,81,93)(H,83,91)(H,84,92)/t51-,57+,59+,64-,68+,74?,75?/m0/s1. The summed E-state index contributed by atoms with van der Waals surface area (Å²) in [5, 5.41) is 19.8. The van der Waals surface area contributed by atoms with Crippen LogP contribution in [0.5, 0.6) is 0 Å². The number of allylic oxidation sites excluding steroid dienone is 1. The smallest absolute Gasteiger partial charge is 0.391 e. The van der Waals surface area contributed by atoms with Crippen molar-refractivity contribution in [1.29, 1.82) is 0 Å². The Kier molecular flexibility index (Phi) is 23.6. The van der Waals surface area contributed by atoms with Crippen LogP contribution < -0.4 is 25.6 Å². The number of carbonyl (C=O) groups excluding carboxylic acids is 4. The van der Waals surface area contributed by atoms with Gasteiger partial charge in [0.15, 0.2) is 0 Å². The molecule has 3 aliphatic heterocycles. The Morgan fingerprint density at radius 2 is 1.45 bits per heavy atom. The number of amides is 4. The Morgan fingerprint density at radius 3 is 2.08 bits per heavy atom. The molecule has 554 valence electrons. The molecule has 3 saturated heterocycles. The van der Waals surface area contributed by atoms with E-state index in [9.17, 15) is 54.3 Å². The molecule has 0 unspecified atom stereocenters. The van der Waals surface area contributed by atoms with Crippen LogP contribution in [-0.2, 0) is 34.2 Å². The zero-order chi connectivity index (χ0) is 73.2. The fourth-order valence-electron chi connectivity index (χ4n) is 16.1. The Balaban J connectivity index is 0.643. The van der Waals surface area contributed by atoms with Crippen LogP contribution in [0.25, 0.3) is 10.4 Å². The first kappa shape index (κ1) is 76.7. The highest BCUT2D eigenvalue weighted by Crippen LogP contribution is 2.77. The lowest BCUT2D eigenvalue weighted by atomic mass is 9.33. The van der Waals surface area contributed by atoms with Crippen molar-refractivity contribution in [3.8, 4) is 10.4 Å². The van der Waals surface area contributed by atoms with Crippen molar-refractivity contribution >= 4 is 78.0 Å². The van der Waals surface area contributed by atoms with E-state index in [1.54, 1.807) is 40.1 Å². The number of unbranched alkanes of at least 4 members (excludes halogenated alkanes) is 2. The minimum atomic E-state index is -6.14. The van der Waals surface area contributed by atoms with Crippen molar-refractivity contribution in [3.05, 3.63) is 131 Å². The summed E-state index contributed by atoms with van der Waals surface area (Å²) < 4.78 is 100. The maximum Gasteiger partial charge on any atom is 0.501 e. The second-order valence-corrected chi connectivity index (χ2v) is 37.1. The van der Waals surface area contributed by atoms with Crippen LogP contribution >= 0.6 is 23.1 Å². The zero-order valence-electron chi connectivity index (χ0n) is 60.0. The van der Waals surface area contributed by atoms with Crippen LogP contribution in [0.3, 0.4) is 0 Å². The number of alkyl halides is 3. The van der Waals surface area contributed by atoms with Crippen LogP contribution in [0.4, 0.5) is 24.5 Å². The fourth-order valence-corrected chi connectivity index (χ4v) is 19.9. The van der Waals surface area contributed by atoms with Crippen molar-refractivity contribution in [2.45, 2.75) is 183 Å². The quantitative estimate of drug-likeness (QED) is 0.0178. The molecule has 19 nitrogen and oxygen atoms in total. The molecule has 4 aliphatic carbocycles. The molecule has 2 bridgehead atoms. The third kappa shape index (κ3) is 18.3. The van der Waals surface area contributed by atoms with Gasteiger partial charge in [-0.1, -0.05) is 102 Å². The number of thiazole rings is 1. The summed E-state index contributed by atoms with van der Waals surface area (Å²) in [6, 6.07) is 23.4. The first-order valence-corrected chi connectivity index (χ1v) is 40.8. The highest BCUT2D eigenvalue weighted by atomic mass is 32.2. The Hall–Kier alpha value is -6.39. The predicted octanol–water partition coefficient (Wildman–Crippen LogP) is 11.9. The van der Waals surface area contributed by atoms with Crippen LogP contribution in [0.15, 0.2) is 128 Å². The van der Waals surface area contributed by atoms with E-state index in [2.05, 4.69) is 61.3 Å². The van der Waals surface area contributed by atoms with Crippen molar-refractivity contribution in [2.75, 3.05) is 94.5 Å². The molecular formula is C76H101F3N10O9S4. The van der Waals surface area contributed by atoms with E-state index in [0.717, 1.165) is 116 Å². The third-order valence-corrected chi connectivity index (χ3v) is 26.7.